The minimum Gasteiger partial charge on any atom is -0.220 e. The predicted octanol–water partition coefficient (Wildman–Crippen LogP) is 1.91. The second kappa shape index (κ2) is 6.02. The molecule has 0 radical (unpaired) electrons. The molecule has 1 nitrogen and oxygen atoms in total. The van der Waals surface area contributed by atoms with Gasteiger partial charge in [-0.2, -0.15) is 0 Å². The van der Waals surface area contributed by atoms with Crippen LogP contribution in [-0.4, -0.2) is 6.54 Å². The lowest BCUT2D eigenvalue weighted by atomic mass is 10.3. The maximum atomic E-state index is 4.39. The normalized spacial score (nSPS) is 8.71. The second-order valence-electron chi connectivity index (χ2n) is 1.56. The monoisotopic (exact) mass is 117 g/mol. The maximum absolute atomic E-state index is 4.39. The lowest BCUT2D eigenvalue weighted by Gasteiger charge is -1.86. The van der Waals surface area contributed by atoms with Crippen molar-refractivity contribution in [3.63, 3.8) is 0 Å². The van der Waals surface area contributed by atoms with Crippen LogP contribution in [0.4, 0.5) is 0 Å². The van der Waals surface area contributed by atoms with Gasteiger partial charge in [-0.3, -0.25) is 0 Å². The number of nitrogens with zero attached hydrogens (tertiary/aromatic N) is 1. The summed E-state index contributed by atoms with van der Waals surface area (Å²) in [5.41, 5.74) is 0. The SMILES string of the molecule is CCCCCN=S. The van der Waals surface area contributed by atoms with E-state index in [0.29, 0.717) is 0 Å². The zero-order chi connectivity index (χ0) is 5.54. The molecule has 0 unspecified atom stereocenters. The van der Waals surface area contributed by atoms with Gasteiger partial charge in [0.1, 0.15) is 0 Å². The van der Waals surface area contributed by atoms with Gasteiger partial charge in [0.05, 0.1) is 6.54 Å². The zero-order valence-electron chi connectivity index (χ0n) is 4.68. The Labute approximate surface area is 50.3 Å². The summed E-state index contributed by atoms with van der Waals surface area (Å²) in [6.45, 7) is 3.03. The molecule has 0 bridgehead atoms. The lowest BCUT2D eigenvalue weighted by Crippen LogP contribution is -1.76. The van der Waals surface area contributed by atoms with E-state index < -0.39 is 0 Å². The zero-order valence-corrected chi connectivity index (χ0v) is 5.50. The molecule has 0 aromatic rings. The molecular weight excluding hydrogens is 106 g/mol. The average molecular weight is 117 g/mol. The highest BCUT2D eigenvalue weighted by Crippen LogP contribution is 1.91. The molecule has 0 saturated carbocycles. The van der Waals surface area contributed by atoms with Crippen molar-refractivity contribution >= 4 is 12.4 Å². The van der Waals surface area contributed by atoms with E-state index in [1.54, 1.807) is 0 Å². The predicted molar refractivity (Wildman–Crippen MR) is 34.2 cm³/mol. The van der Waals surface area contributed by atoms with Crippen LogP contribution in [0.2, 0.25) is 0 Å². The summed E-state index contributed by atoms with van der Waals surface area (Å²) < 4.78 is 3.56. The molecule has 0 spiro atoms. The largest absolute Gasteiger partial charge is 0.220 e. The quantitative estimate of drug-likeness (QED) is 0.512. The minimum atomic E-state index is 0.864. The third-order valence-corrected chi connectivity index (χ3v) is 1.04. The van der Waals surface area contributed by atoms with E-state index in [-0.39, 0.29) is 0 Å². The van der Waals surface area contributed by atoms with Crippen molar-refractivity contribution in [2.75, 3.05) is 6.54 Å². The summed E-state index contributed by atoms with van der Waals surface area (Å²) in [7, 11) is 0. The number of hydrogen-bond acceptors (Lipinski definition) is 2. The van der Waals surface area contributed by atoms with Crippen LogP contribution < -0.4 is 0 Å². The van der Waals surface area contributed by atoms with Crippen molar-refractivity contribution in [3.05, 3.63) is 0 Å². The third-order valence-electron chi connectivity index (χ3n) is 0.853. The second-order valence-corrected chi connectivity index (χ2v) is 1.82. The summed E-state index contributed by atoms with van der Waals surface area (Å²) >= 11 is 4.39. The van der Waals surface area contributed by atoms with Crippen LogP contribution in [0.25, 0.3) is 0 Å². The highest BCUT2D eigenvalue weighted by molar-refractivity contribution is 7.47. The first-order chi connectivity index (χ1) is 3.41. The Morgan fingerprint density at radius 2 is 2.14 bits per heavy atom. The molecule has 0 rings (SSSR count). The molecular formula is C5H11NS. The van der Waals surface area contributed by atoms with Crippen molar-refractivity contribution in [3.8, 4) is 0 Å². The van der Waals surface area contributed by atoms with Crippen molar-refractivity contribution in [1.82, 2.24) is 0 Å². The van der Waals surface area contributed by atoms with Crippen LogP contribution in [0, 0.1) is 0 Å². The van der Waals surface area contributed by atoms with Gasteiger partial charge in [-0.05, 0) is 6.42 Å². The van der Waals surface area contributed by atoms with Gasteiger partial charge in [-0.1, -0.05) is 19.8 Å². The molecule has 0 aromatic heterocycles. The van der Waals surface area contributed by atoms with Crippen LogP contribution in [0.3, 0.4) is 0 Å². The Hall–Kier alpha value is 0.0200. The van der Waals surface area contributed by atoms with Crippen LogP contribution >= 0.6 is 0 Å². The third kappa shape index (κ3) is 6.02. The fourth-order valence-electron chi connectivity index (χ4n) is 0.426. The molecule has 7 heavy (non-hydrogen) atoms. The van der Waals surface area contributed by atoms with E-state index in [1.165, 1.54) is 19.3 Å². The maximum Gasteiger partial charge on any atom is 0.0521 e. The van der Waals surface area contributed by atoms with Gasteiger partial charge >= 0.3 is 0 Å². The van der Waals surface area contributed by atoms with Crippen LogP contribution in [-0.2, 0) is 12.4 Å². The van der Waals surface area contributed by atoms with Crippen molar-refractivity contribution in [1.29, 1.82) is 0 Å². The van der Waals surface area contributed by atoms with E-state index in [2.05, 4.69) is 23.7 Å². The Morgan fingerprint density at radius 1 is 1.43 bits per heavy atom. The smallest absolute Gasteiger partial charge is 0.0521 e. The van der Waals surface area contributed by atoms with E-state index in [4.69, 9.17) is 0 Å². The van der Waals surface area contributed by atoms with Gasteiger partial charge in [0.25, 0.3) is 0 Å². The summed E-state index contributed by atoms with van der Waals surface area (Å²) in [6.07, 6.45) is 3.69. The molecule has 0 amide bonds. The van der Waals surface area contributed by atoms with Gasteiger partial charge in [0.2, 0.25) is 0 Å². The van der Waals surface area contributed by atoms with E-state index >= 15 is 0 Å². The van der Waals surface area contributed by atoms with Gasteiger partial charge in [-0.25, -0.2) is 4.36 Å². The van der Waals surface area contributed by atoms with E-state index in [0.717, 1.165) is 6.54 Å². The molecule has 0 N–H and O–H groups in total. The van der Waals surface area contributed by atoms with Crippen LogP contribution in [0.15, 0.2) is 4.36 Å². The van der Waals surface area contributed by atoms with Crippen molar-refractivity contribution in [2.45, 2.75) is 26.2 Å². The summed E-state index contributed by atoms with van der Waals surface area (Å²) in [6, 6.07) is 0. The first-order valence-electron chi connectivity index (χ1n) is 2.71. The lowest BCUT2D eigenvalue weighted by molar-refractivity contribution is 0.732. The molecule has 0 atom stereocenters. The summed E-state index contributed by atoms with van der Waals surface area (Å²) in [5, 5.41) is 0. The Bertz CT molecular complexity index is 45.3. The van der Waals surface area contributed by atoms with Gasteiger partial charge < -0.3 is 0 Å². The van der Waals surface area contributed by atoms with Crippen molar-refractivity contribution < 1.29 is 0 Å². The Balaban J connectivity index is 2.56. The molecule has 0 aromatic carbocycles. The Morgan fingerprint density at radius 3 is 2.57 bits per heavy atom. The number of unbranched alkanes of at least 4 members (excludes halogenated alkanes) is 2. The van der Waals surface area contributed by atoms with E-state index in [1.807, 2.05) is 0 Å². The minimum absolute atomic E-state index is 0.864. The fraction of sp³-hybridized carbons (Fsp3) is 1.00. The fourth-order valence-corrected chi connectivity index (χ4v) is 0.555. The molecule has 0 saturated heterocycles. The summed E-state index contributed by atoms with van der Waals surface area (Å²) in [5.74, 6) is 0. The molecule has 42 valence electrons. The van der Waals surface area contributed by atoms with Crippen LogP contribution in [0.5, 0.6) is 0 Å². The molecule has 0 heterocycles. The van der Waals surface area contributed by atoms with Gasteiger partial charge in [0.15, 0.2) is 0 Å². The van der Waals surface area contributed by atoms with Crippen molar-refractivity contribution in [2.24, 2.45) is 4.36 Å². The standard InChI is InChI=1S/C5H11NS/c1-2-3-4-5-6-7/h2-5H2,1H3. The molecule has 0 fully saturated rings. The first-order valence-corrected chi connectivity index (χ1v) is 3.07. The summed E-state index contributed by atoms with van der Waals surface area (Å²) in [4.78, 5) is 0. The first kappa shape index (κ1) is 7.02. The molecule has 0 aliphatic rings. The molecule has 0 aliphatic heterocycles. The topological polar surface area (TPSA) is 12.4 Å². The molecule has 2 heteroatoms. The van der Waals surface area contributed by atoms with Crippen LogP contribution in [0.1, 0.15) is 26.2 Å². The highest BCUT2D eigenvalue weighted by atomic mass is 32.1. The highest BCUT2D eigenvalue weighted by Gasteiger charge is 1.78. The molecule has 0 aliphatic carbocycles. The number of rotatable bonds is 4. The van der Waals surface area contributed by atoms with E-state index in [9.17, 15) is 0 Å². The van der Waals surface area contributed by atoms with Gasteiger partial charge in [-0.15, -0.1) is 0 Å². The number of hydrogen-bond donors (Lipinski definition) is 0. The average Bonchev–Trinajstić information content (AvgIpc) is 1.69. The van der Waals surface area contributed by atoms with Gasteiger partial charge in [0, 0.05) is 12.4 Å². The Kier molecular flexibility index (Phi) is 6.04.